The highest BCUT2D eigenvalue weighted by molar-refractivity contribution is 6.33. The van der Waals surface area contributed by atoms with Crippen LogP contribution in [0.2, 0.25) is 10.0 Å². The van der Waals surface area contributed by atoms with Gasteiger partial charge < -0.3 is 5.11 Å². The number of benzene rings is 1. The fourth-order valence-corrected chi connectivity index (χ4v) is 2.22. The van der Waals surface area contributed by atoms with Gasteiger partial charge in [0.15, 0.2) is 0 Å². The number of aliphatic carboxylic acids is 1. The van der Waals surface area contributed by atoms with E-state index in [4.69, 9.17) is 28.3 Å². The van der Waals surface area contributed by atoms with Crippen LogP contribution in [0.15, 0.2) is 18.2 Å². The van der Waals surface area contributed by atoms with Gasteiger partial charge in [0.25, 0.3) is 0 Å². The van der Waals surface area contributed by atoms with Crippen LogP contribution in [0.4, 0.5) is 13.2 Å². The van der Waals surface area contributed by atoms with Crippen molar-refractivity contribution in [2.45, 2.75) is 19.1 Å². The Morgan fingerprint density at radius 2 is 2.00 bits per heavy atom. The number of carboxylic acid groups (broad SMARTS) is 1. The standard InChI is InChI=1S/C12H12Cl2F3NO2/c1-7(9-4-8(13)2-3-10(9)14)18(5-11(19)20)6-12(15,16)17/h2-4,7H,5-6H2,1H3,(H,19,20). The van der Waals surface area contributed by atoms with Crippen LogP contribution in [0.3, 0.4) is 0 Å². The molecule has 1 unspecified atom stereocenters. The molecule has 1 atom stereocenters. The van der Waals surface area contributed by atoms with E-state index < -0.39 is 31.3 Å². The normalized spacial score (nSPS) is 13.6. The highest BCUT2D eigenvalue weighted by atomic mass is 35.5. The van der Waals surface area contributed by atoms with Crippen molar-refractivity contribution in [2.75, 3.05) is 13.1 Å². The topological polar surface area (TPSA) is 40.5 Å². The molecule has 20 heavy (non-hydrogen) atoms. The van der Waals surface area contributed by atoms with Crippen LogP contribution in [-0.4, -0.2) is 35.2 Å². The molecule has 112 valence electrons. The maximum Gasteiger partial charge on any atom is 0.401 e. The lowest BCUT2D eigenvalue weighted by molar-refractivity contribution is -0.157. The summed E-state index contributed by atoms with van der Waals surface area (Å²) < 4.78 is 37.6. The lowest BCUT2D eigenvalue weighted by Crippen LogP contribution is -2.39. The number of halogens is 5. The third kappa shape index (κ3) is 5.19. The van der Waals surface area contributed by atoms with E-state index in [0.717, 1.165) is 4.90 Å². The monoisotopic (exact) mass is 329 g/mol. The van der Waals surface area contributed by atoms with Gasteiger partial charge in [0.05, 0.1) is 13.1 Å². The van der Waals surface area contributed by atoms with Gasteiger partial charge in [-0.15, -0.1) is 0 Å². The predicted molar refractivity (Wildman–Crippen MR) is 70.1 cm³/mol. The van der Waals surface area contributed by atoms with Crippen LogP contribution in [0.25, 0.3) is 0 Å². The van der Waals surface area contributed by atoms with Crippen molar-refractivity contribution in [3.05, 3.63) is 33.8 Å². The first-order valence-electron chi connectivity index (χ1n) is 5.57. The Bertz CT molecular complexity index is 494. The number of rotatable bonds is 5. The van der Waals surface area contributed by atoms with E-state index in [2.05, 4.69) is 0 Å². The highest BCUT2D eigenvalue weighted by Gasteiger charge is 2.34. The minimum Gasteiger partial charge on any atom is -0.480 e. The fraction of sp³-hybridized carbons (Fsp3) is 0.417. The van der Waals surface area contributed by atoms with Gasteiger partial charge in [0.2, 0.25) is 0 Å². The summed E-state index contributed by atoms with van der Waals surface area (Å²) in [4.78, 5) is 11.5. The van der Waals surface area contributed by atoms with E-state index in [-0.39, 0.29) is 5.02 Å². The molecule has 0 saturated carbocycles. The van der Waals surface area contributed by atoms with Gasteiger partial charge in [-0.05, 0) is 30.7 Å². The van der Waals surface area contributed by atoms with Crippen molar-refractivity contribution >= 4 is 29.2 Å². The fourth-order valence-electron chi connectivity index (χ4n) is 1.77. The molecule has 0 fully saturated rings. The molecule has 1 aromatic rings. The predicted octanol–water partition coefficient (Wildman–Crippen LogP) is 4.00. The van der Waals surface area contributed by atoms with Gasteiger partial charge in [-0.25, -0.2) is 0 Å². The summed E-state index contributed by atoms with van der Waals surface area (Å²) >= 11 is 11.7. The van der Waals surface area contributed by atoms with Crippen LogP contribution in [0, 0.1) is 0 Å². The van der Waals surface area contributed by atoms with Crippen molar-refractivity contribution in [3.8, 4) is 0 Å². The van der Waals surface area contributed by atoms with Gasteiger partial charge >= 0.3 is 12.1 Å². The van der Waals surface area contributed by atoms with Crippen molar-refractivity contribution in [2.24, 2.45) is 0 Å². The first kappa shape index (κ1) is 17.1. The maximum atomic E-state index is 12.5. The zero-order valence-corrected chi connectivity index (χ0v) is 11.9. The van der Waals surface area contributed by atoms with Crippen molar-refractivity contribution < 1.29 is 23.1 Å². The molecule has 1 N–H and O–H groups in total. The molecule has 0 aliphatic carbocycles. The number of carbonyl (C=O) groups is 1. The molecule has 8 heteroatoms. The Balaban J connectivity index is 3.05. The van der Waals surface area contributed by atoms with Crippen LogP contribution in [-0.2, 0) is 4.79 Å². The largest absolute Gasteiger partial charge is 0.480 e. The summed E-state index contributed by atoms with van der Waals surface area (Å²) in [5.41, 5.74) is 0.352. The Hall–Kier alpha value is -0.980. The summed E-state index contributed by atoms with van der Waals surface area (Å²) in [5.74, 6) is -1.35. The molecule has 3 nitrogen and oxygen atoms in total. The molecule has 0 spiro atoms. The molecule has 0 saturated heterocycles. The molecular weight excluding hydrogens is 318 g/mol. The second-order valence-corrected chi connectivity index (χ2v) is 5.10. The van der Waals surface area contributed by atoms with Crippen molar-refractivity contribution in [1.29, 1.82) is 0 Å². The van der Waals surface area contributed by atoms with Crippen LogP contribution >= 0.6 is 23.2 Å². The van der Waals surface area contributed by atoms with E-state index in [1.165, 1.54) is 25.1 Å². The first-order chi connectivity index (χ1) is 9.10. The van der Waals surface area contributed by atoms with Crippen LogP contribution < -0.4 is 0 Å². The Kier molecular flexibility index (Phi) is 5.68. The number of nitrogens with zero attached hydrogens (tertiary/aromatic N) is 1. The van der Waals surface area contributed by atoms with E-state index in [1.54, 1.807) is 0 Å². The molecule has 0 bridgehead atoms. The number of hydrogen-bond acceptors (Lipinski definition) is 2. The van der Waals surface area contributed by atoms with E-state index in [0.29, 0.717) is 10.6 Å². The van der Waals surface area contributed by atoms with Crippen molar-refractivity contribution in [1.82, 2.24) is 4.90 Å². The van der Waals surface area contributed by atoms with Crippen molar-refractivity contribution in [3.63, 3.8) is 0 Å². The minimum atomic E-state index is -4.51. The molecule has 0 aliphatic heterocycles. The molecule has 0 radical (unpaired) electrons. The molecule has 1 rings (SSSR count). The van der Waals surface area contributed by atoms with Gasteiger partial charge in [0.1, 0.15) is 0 Å². The smallest absolute Gasteiger partial charge is 0.401 e. The van der Waals surface area contributed by atoms with E-state index in [1.807, 2.05) is 0 Å². The average Bonchev–Trinajstić information content (AvgIpc) is 2.28. The highest BCUT2D eigenvalue weighted by Crippen LogP contribution is 2.31. The van der Waals surface area contributed by atoms with Gasteiger partial charge in [-0.2, -0.15) is 13.2 Å². The summed E-state index contributed by atoms with van der Waals surface area (Å²) in [6.07, 6.45) is -4.51. The average molecular weight is 330 g/mol. The summed E-state index contributed by atoms with van der Waals surface area (Å²) in [6.45, 7) is -0.640. The molecule has 1 aromatic carbocycles. The maximum absolute atomic E-state index is 12.5. The number of hydrogen-bond donors (Lipinski definition) is 1. The molecule has 0 amide bonds. The van der Waals surface area contributed by atoms with Gasteiger partial charge in [0, 0.05) is 16.1 Å². The van der Waals surface area contributed by atoms with Crippen LogP contribution in [0.1, 0.15) is 18.5 Å². The SMILES string of the molecule is CC(c1cc(Cl)ccc1Cl)N(CC(=O)O)CC(F)(F)F. The molecular formula is C12H12Cl2F3NO2. The second kappa shape index (κ2) is 6.65. The number of carboxylic acids is 1. The Labute approximate surface area is 123 Å². The lowest BCUT2D eigenvalue weighted by atomic mass is 10.1. The molecule has 0 aliphatic rings. The molecule has 0 heterocycles. The second-order valence-electron chi connectivity index (χ2n) is 4.26. The van der Waals surface area contributed by atoms with Gasteiger partial charge in [-0.1, -0.05) is 23.2 Å². The zero-order valence-electron chi connectivity index (χ0n) is 10.4. The third-order valence-electron chi connectivity index (χ3n) is 2.68. The summed E-state index contributed by atoms with van der Waals surface area (Å²) in [7, 11) is 0. The molecule has 0 aromatic heterocycles. The van der Waals surface area contributed by atoms with E-state index >= 15 is 0 Å². The lowest BCUT2D eigenvalue weighted by Gasteiger charge is -2.29. The Morgan fingerprint density at radius 1 is 1.40 bits per heavy atom. The van der Waals surface area contributed by atoms with Crippen LogP contribution in [0.5, 0.6) is 0 Å². The number of alkyl halides is 3. The summed E-state index contributed by atoms with van der Waals surface area (Å²) in [6, 6.07) is 3.56. The Morgan fingerprint density at radius 3 is 2.50 bits per heavy atom. The van der Waals surface area contributed by atoms with E-state index in [9.17, 15) is 18.0 Å². The quantitative estimate of drug-likeness (QED) is 0.887. The third-order valence-corrected chi connectivity index (χ3v) is 3.26. The minimum absolute atomic E-state index is 0.236. The zero-order chi connectivity index (χ0) is 15.5. The first-order valence-corrected chi connectivity index (χ1v) is 6.33. The van der Waals surface area contributed by atoms with Gasteiger partial charge in [-0.3, -0.25) is 9.69 Å². The summed E-state index contributed by atoms with van der Waals surface area (Å²) in [5, 5.41) is 9.29.